The average molecular weight is 282 g/mol. The Morgan fingerprint density at radius 3 is 2.69 bits per heavy atom. The first-order chi connectivity index (χ1) is 7.63. The number of carbonyl (C=O) groups is 1. The molecule has 0 heterocycles. The highest BCUT2D eigenvalue weighted by Crippen LogP contribution is 2.23. The first-order valence-electron chi connectivity index (χ1n) is 5.03. The number of nitrogens with zero attached hydrogens (tertiary/aromatic N) is 1. The third-order valence-corrected chi connectivity index (χ3v) is 2.79. The Bertz CT molecular complexity index is 449. The van der Waals surface area contributed by atoms with E-state index in [1.165, 1.54) is 0 Å². The molecular formula is C12H12BrNO2. The molecule has 0 aliphatic rings. The lowest BCUT2D eigenvalue weighted by molar-refractivity contribution is 0.0526. The minimum absolute atomic E-state index is 0.303. The summed E-state index contributed by atoms with van der Waals surface area (Å²) >= 11 is 3.29. The Morgan fingerprint density at radius 2 is 2.19 bits per heavy atom. The molecule has 0 N–H and O–H groups in total. The first-order valence-corrected chi connectivity index (χ1v) is 5.82. The molecule has 0 saturated heterocycles. The van der Waals surface area contributed by atoms with Gasteiger partial charge in [-0.1, -0.05) is 6.92 Å². The van der Waals surface area contributed by atoms with Crippen molar-refractivity contribution in [3.05, 3.63) is 33.3 Å². The lowest BCUT2D eigenvalue weighted by Gasteiger charge is -2.07. The summed E-state index contributed by atoms with van der Waals surface area (Å²) in [5.74, 6) is -0.449. The molecule has 0 aliphatic heterocycles. The number of hydrogen-bond donors (Lipinski definition) is 0. The number of ether oxygens (including phenoxy) is 1. The smallest absolute Gasteiger partial charge is 0.339 e. The van der Waals surface area contributed by atoms with E-state index in [0.717, 1.165) is 12.0 Å². The van der Waals surface area contributed by atoms with Gasteiger partial charge in [-0.3, -0.25) is 0 Å². The molecule has 0 spiro atoms. The topological polar surface area (TPSA) is 50.1 Å². The number of benzene rings is 1. The van der Waals surface area contributed by atoms with Crippen LogP contribution in [0.5, 0.6) is 0 Å². The van der Waals surface area contributed by atoms with Crippen molar-refractivity contribution in [1.82, 2.24) is 0 Å². The molecule has 0 fully saturated rings. The molecule has 0 amide bonds. The third-order valence-electron chi connectivity index (χ3n) is 2.17. The fraction of sp³-hybridized carbons (Fsp3) is 0.333. The molecule has 0 radical (unpaired) electrons. The molecule has 0 aliphatic carbocycles. The second kappa shape index (κ2) is 5.66. The fourth-order valence-corrected chi connectivity index (χ4v) is 1.95. The largest absolute Gasteiger partial charge is 0.462 e. The molecule has 1 aromatic rings. The van der Waals surface area contributed by atoms with Crippen LogP contribution in [0, 0.1) is 11.3 Å². The van der Waals surface area contributed by atoms with Crippen LogP contribution in [0.4, 0.5) is 0 Å². The minimum atomic E-state index is -0.449. The summed E-state index contributed by atoms with van der Waals surface area (Å²) < 4.78 is 5.55. The predicted octanol–water partition coefficient (Wildman–Crippen LogP) is 3.06. The highest BCUT2D eigenvalue weighted by atomic mass is 79.9. The number of hydrogen-bond acceptors (Lipinski definition) is 3. The number of carbonyl (C=O) groups excluding carboxylic acids is 1. The van der Waals surface area contributed by atoms with Gasteiger partial charge < -0.3 is 4.74 Å². The van der Waals surface area contributed by atoms with Gasteiger partial charge in [0.2, 0.25) is 0 Å². The van der Waals surface area contributed by atoms with Crippen LogP contribution in [0.1, 0.15) is 35.3 Å². The number of aryl methyl sites for hydroxylation is 1. The van der Waals surface area contributed by atoms with Crippen LogP contribution in [0.25, 0.3) is 0 Å². The molecular weight excluding hydrogens is 270 g/mol. The van der Waals surface area contributed by atoms with E-state index in [-0.39, 0.29) is 0 Å². The van der Waals surface area contributed by atoms with Crippen molar-refractivity contribution in [2.24, 2.45) is 0 Å². The number of nitriles is 1. The molecule has 3 nitrogen and oxygen atoms in total. The average Bonchev–Trinajstić information content (AvgIpc) is 2.28. The van der Waals surface area contributed by atoms with Crippen molar-refractivity contribution in [3.8, 4) is 6.07 Å². The lowest BCUT2D eigenvalue weighted by atomic mass is 10.0. The van der Waals surface area contributed by atoms with Gasteiger partial charge in [-0.15, -0.1) is 0 Å². The zero-order chi connectivity index (χ0) is 12.1. The summed E-state index contributed by atoms with van der Waals surface area (Å²) in [5, 5.41) is 8.99. The molecule has 0 saturated carbocycles. The quantitative estimate of drug-likeness (QED) is 0.800. The van der Waals surface area contributed by atoms with E-state index >= 15 is 0 Å². The van der Waals surface area contributed by atoms with Crippen LogP contribution in [0.2, 0.25) is 0 Å². The van der Waals surface area contributed by atoms with Gasteiger partial charge in [0.05, 0.1) is 17.7 Å². The molecule has 0 aromatic heterocycles. The van der Waals surface area contributed by atoms with Gasteiger partial charge in [0.1, 0.15) is 6.07 Å². The van der Waals surface area contributed by atoms with Gasteiger partial charge in [0, 0.05) is 4.47 Å². The number of esters is 1. The highest BCUT2D eigenvalue weighted by molar-refractivity contribution is 9.10. The maximum absolute atomic E-state index is 11.7. The van der Waals surface area contributed by atoms with Crippen molar-refractivity contribution in [3.63, 3.8) is 0 Å². The normalized spacial score (nSPS) is 9.62. The molecule has 1 aromatic carbocycles. The van der Waals surface area contributed by atoms with Gasteiger partial charge in [-0.2, -0.15) is 5.26 Å². The Balaban J connectivity index is 3.29. The zero-order valence-electron chi connectivity index (χ0n) is 9.21. The van der Waals surface area contributed by atoms with E-state index in [9.17, 15) is 4.79 Å². The highest BCUT2D eigenvalue weighted by Gasteiger charge is 2.16. The van der Waals surface area contributed by atoms with E-state index < -0.39 is 5.97 Å². The summed E-state index contributed by atoms with van der Waals surface area (Å²) in [5.41, 5.74) is 1.65. The van der Waals surface area contributed by atoms with Crippen molar-refractivity contribution < 1.29 is 9.53 Å². The van der Waals surface area contributed by atoms with Crippen LogP contribution in [0.3, 0.4) is 0 Å². The van der Waals surface area contributed by atoms with Crippen molar-refractivity contribution in [2.75, 3.05) is 6.61 Å². The molecule has 0 unspecified atom stereocenters. The summed E-state index contributed by atoms with van der Waals surface area (Å²) in [6.07, 6.45) is 0.802. The number of halogens is 1. The van der Waals surface area contributed by atoms with E-state index in [4.69, 9.17) is 10.00 Å². The maximum Gasteiger partial charge on any atom is 0.339 e. The van der Waals surface area contributed by atoms with Gasteiger partial charge in [0.15, 0.2) is 0 Å². The van der Waals surface area contributed by atoms with Crippen molar-refractivity contribution in [1.29, 1.82) is 5.26 Å². The Kier molecular flexibility index (Phi) is 4.51. The summed E-state index contributed by atoms with van der Waals surface area (Å²) in [6, 6.07) is 5.56. The number of rotatable bonds is 3. The van der Waals surface area contributed by atoms with Gasteiger partial charge in [-0.25, -0.2) is 4.79 Å². The van der Waals surface area contributed by atoms with Gasteiger partial charge in [-0.05, 0) is 47.0 Å². The zero-order valence-corrected chi connectivity index (χ0v) is 10.8. The minimum Gasteiger partial charge on any atom is -0.462 e. The Morgan fingerprint density at radius 1 is 1.50 bits per heavy atom. The van der Waals surface area contributed by atoms with Gasteiger partial charge >= 0.3 is 5.97 Å². The van der Waals surface area contributed by atoms with Crippen molar-refractivity contribution in [2.45, 2.75) is 20.3 Å². The van der Waals surface area contributed by atoms with Crippen LogP contribution < -0.4 is 0 Å². The fourth-order valence-electron chi connectivity index (χ4n) is 1.35. The summed E-state index contributed by atoms with van der Waals surface area (Å²) in [4.78, 5) is 11.7. The van der Waals surface area contributed by atoms with Crippen LogP contribution in [0.15, 0.2) is 16.6 Å². The van der Waals surface area contributed by atoms with Crippen LogP contribution in [-0.2, 0) is 11.2 Å². The molecule has 0 atom stereocenters. The van der Waals surface area contributed by atoms with Crippen molar-refractivity contribution >= 4 is 21.9 Å². The first kappa shape index (κ1) is 12.7. The standard InChI is InChI=1S/C12H12BrNO2/c1-3-8-5-9(12(15)16-4-2)10(7-14)11(13)6-8/h5-6H,3-4H2,1-2H3. The summed E-state index contributed by atoms with van der Waals surface area (Å²) in [6.45, 7) is 4.03. The molecule has 4 heteroatoms. The van der Waals surface area contributed by atoms with E-state index in [2.05, 4.69) is 15.9 Å². The van der Waals surface area contributed by atoms with E-state index in [0.29, 0.717) is 22.2 Å². The molecule has 16 heavy (non-hydrogen) atoms. The lowest BCUT2D eigenvalue weighted by Crippen LogP contribution is -2.08. The SMILES string of the molecule is CCOC(=O)c1cc(CC)cc(Br)c1C#N. The molecule has 84 valence electrons. The van der Waals surface area contributed by atoms with Crippen LogP contribution in [-0.4, -0.2) is 12.6 Å². The monoisotopic (exact) mass is 281 g/mol. The summed E-state index contributed by atoms with van der Waals surface area (Å²) in [7, 11) is 0. The van der Waals surface area contributed by atoms with E-state index in [1.807, 2.05) is 19.1 Å². The third kappa shape index (κ3) is 2.61. The molecule has 0 bridgehead atoms. The van der Waals surface area contributed by atoms with Crippen LogP contribution >= 0.6 is 15.9 Å². The predicted molar refractivity (Wildman–Crippen MR) is 64.2 cm³/mol. The van der Waals surface area contributed by atoms with Gasteiger partial charge in [0.25, 0.3) is 0 Å². The maximum atomic E-state index is 11.7. The Hall–Kier alpha value is -1.34. The van der Waals surface area contributed by atoms with E-state index in [1.54, 1.807) is 13.0 Å². The second-order valence-corrected chi connectivity index (χ2v) is 4.04. The second-order valence-electron chi connectivity index (χ2n) is 3.19. The molecule has 1 rings (SSSR count). The Labute approximate surface area is 103 Å².